The molecule has 0 spiro atoms. The number of rotatable bonds is 40. The van der Waals surface area contributed by atoms with Crippen molar-refractivity contribution in [3.63, 3.8) is 0 Å². The molecule has 0 saturated heterocycles. The van der Waals surface area contributed by atoms with Crippen LogP contribution in [0.2, 0.25) is 0 Å². The van der Waals surface area contributed by atoms with Gasteiger partial charge in [0.05, 0.1) is 17.8 Å². The molecular weight excluding hydrogens is 1140 g/mol. The van der Waals surface area contributed by atoms with Gasteiger partial charge in [0.1, 0.15) is 5.75 Å². The molecule has 10 amide bonds. The maximum absolute atomic E-state index is 14.1. The highest BCUT2D eigenvalue weighted by Crippen LogP contribution is 2.30. The summed E-state index contributed by atoms with van der Waals surface area (Å²) in [5.41, 5.74) is 29.7. The summed E-state index contributed by atoms with van der Waals surface area (Å²) in [6.07, 6.45) is 14.3. The van der Waals surface area contributed by atoms with Gasteiger partial charge in [0.2, 0.25) is 59.1 Å². The molecule has 0 bridgehead atoms. The van der Waals surface area contributed by atoms with Crippen molar-refractivity contribution in [1.82, 2.24) is 47.9 Å². The zero-order chi connectivity index (χ0) is 65.3. The molecule has 89 heavy (non-hydrogen) atoms. The lowest BCUT2D eigenvalue weighted by atomic mass is 9.81. The van der Waals surface area contributed by atoms with Crippen LogP contribution in [0.4, 0.5) is 0 Å². The van der Waals surface area contributed by atoms with Crippen LogP contribution in [0.5, 0.6) is 5.75 Å². The van der Waals surface area contributed by atoms with Gasteiger partial charge < -0.3 is 81.6 Å². The second kappa shape index (κ2) is 41.0. The van der Waals surface area contributed by atoms with Crippen LogP contribution in [0.1, 0.15) is 206 Å². The van der Waals surface area contributed by atoms with E-state index in [2.05, 4.69) is 47.9 Å². The Morgan fingerprint density at radius 2 is 0.775 bits per heavy atom. The van der Waals surface area contributed by atoms with Crippen LogP contribution < -0.4 is 76.5 Å². The van der Waals surface area contributed by atoms with Gasteiger partial charge in [0, 0.05) is 105 Å². The van der Waals surface area contributed by atoms with Crippen molar-refractivity contribution in [3.8, 4) is 5.75 Å². The van der Waals surface area contributed by atoms with Gasteiger partial charge in [-0.2, -0.15) is 0 Å². The van der Waals surface area contributed by atoms with Crippen molar-refractivity contribution in [2.24, 2.45) is 46.4 Å². The first-order chi connectivity index (χ1) is 42.5. The molecule has 0 heterocycles. The predicted octanol–water partition coefficient (Wildman–Crippen LogP) is 1.86. The molecule has 20 N–H and O–H groups in total. The van der Waals surface area contributed by atoms with E-state index in [0.29, 0.717) is 103 Å². The molecule has 13 atom stereocenters. The maximum atomic E-state index is 14.1. The number of primary amides is 1. The number of phenols is 1. The van der Waals surface area contributed by atoms with Gasteiger partial charge in [0.25, 0.3) is 0 Å². The Kier molecular flexibility index (Phi) is 34.6. The lowest BCUT2D eigenvalue weighted by molar-refractivity contribution is -0.133. The molecule has 3 aliphatic carbocycles. The molecule has 1 aromatic carbocycles. The van der Waals surface area contributed by atoms with Crippen molar-refractivity contribution in [3.05, 3.63) is 29.8 Å². The van der Waals surface area contributed by atoms with Gasteiger partial charge in [-0.1, -0.05) is 69.9 Å². The summed E-state index contributed by atoms with van der Waals surface area (Å²) >= 11 is 0. The summed E-state index contributed by atoms with van der Waals surface area (Å²) in [4.78, 5) is 134. The number of hydrogen-bond acceptors (Lipinski definition) is 15. The topological polar surface area (TPSA) is 429 Å². The van der Waals surface area contributed by atoms with Crippen LogP contribution in [-0.2, 0) is 54.4 Å². The fourth-order valence-corrected chi connectivity index (χ4v) is 12.8. The number of phenolic OH excluding ortho intramolecular Hbond substituents is 1. The molecular formula is C64H110N14O11. The van der Waals surface area contributed by atoms with E-state index in [0.717, 1.165) is 63.4 Å². The number of nitrogens with two attached hydrogens (primary N) is 5. The summed E-state index contributed by atoms with van der Waals surface area (Å²) in [7, 11) is 0. The average Bonchev–Trinajstić information content (AvgIpc) is 3.53. The Morgan fingerprint density at radius 1 is 0.427 bits per heavy atom. The molecule has 502 valence electrons. The second-order valence-electron chi connectivity index (χ2n) is 25.6. The maximum Gasteiger partial charge on any atom is 0.225 e. The molecule has 25 heteroatoms. The summed E-state index contributed by atoms with van der Waals surface area (Å²) in [6, 6.07) is 1.68. The number of aromatic hydroxyl groups is 1. The van der Waals surface area contributed by atoms with Crippen molar-refractivity contribution >= 4 is 59.1 Å². The molecule has 3 aliphatic rings. The van der Waals surface area contributed by atoms with E-state index in [1.165, 1.54) is 0 Å². The molecule has 0 radical (unpaired) electrons. The van der Waals surface area contributed by atoms with E-state index < -0.39 is 84.1 Å². The van der Waals surface area contributed by atoms with Gasteiger partial charge in [-0.05, 0) is 142 Å². The fraction of sp³-hybridized carbons (Fsp3) is 0.750. The molecule has 0 aliphatic heterocycles. The zero-order valence-electron chi connectivity index (χ0n) is 53.4. The highest BCUT2D eigenvalue weighted by atomic mass is 16.3. The Morgan fingerprint density at radius 3 is 1.21 bits per heavy atom. The van der Waals surface area contributed by atoms with Crippen molar-refractivity contribution in [2.75, 3.05) is 19.6 Å². The third kappa shape index (κ3) is 29.8. The number of nitrogens with one attached hydrogen (secondary N) is 9. The van der Waals surface area contributed by atoms with Gasteiger partial charge in [-0.3, -0.25) is 47.9 Å². The Hall–Kier alpha value is -6.44. The third-order valence-electron chi connectivity index (χ3n) is 17.3. The highest BCUT2D eigenvalue weighted by molar-refractivity contribution is 5.87. The quantitative estimate of drug-likeness (QED) is 0.0417. The lowest BCUT2D eigenvalue weighted by Gasteiger charge is -2.36. The summed E-state index contributed by atoms with van der Waals surface area (Å²) in [5.74, 6) is -4.69. The third-order valence-corrected chi connectivity index (χ3v) is 17.3. The van der Waals surface area contributed by atoms with Crippen LogP contribution in [-0.4, -0.2) is 144 Å². The first kappa shape index (κ1) is 75.0. The summed E-state index contributed by atoms with van der Waals surface area (Å²) < 4.78 is 0. The molecule has 25 nitrogen and oxygen atoms in total. The molecule has 0 aromatic heterocycles. The van der Waals surface area contributed by atoms with Gasteiger partial charge in [0.15, 0.2) is 0 Å². The standard InChI is InChI=1S/C64H110N14O11/c1-40(70-60(85)38-46(17-11-14-30-66)75-59(84)36-44(68)35-43-25-27-48(79)28-26-43)32-58(83)76-52-22-7-4-19-49(52)62(87)71-42(3)34-57(82)74-47(18-12-15-31-67)39-61(86)77-53-23-8-5-20-50(53)64(89)78-54-24-9-6-21-51(54)63(88)72-41(2)33-56(81)73-45(37-55(69)80)16-10-13-29-65/h25-28,40-42,44-47,49-54,79H,4-24,29-39,65-68H2,1-3H3,(H2,69,80)(H,70,85)(H,71,87)(H,72,88)(H,73,81)(H,74,82)(H,75,84)(H,76,83)(H,77,86)(H,78,89)/t40-,41-,42-,44-,45-,46-,47-,49-,50-,51-,52-,53-,54-/m0/s1. The lowest BCUT2D eigenvalue weighted by Crippen LogP contribution is -2.55. The van der Waals surface area contributed by atoms with Gasteiger partial charge >= 0.3 is 0 Å². The first-order valence-electron chi connectivity index (χ1n) is 33.1. The molecule has 4 rings (SSSR count). The molecule has 1 aromatic rings. The second-order valence-corrected chi connectivity index (χ2v) is 25.6. The number of unbranched alkanes of at least 4 members (excludes halogenated alkanes) is 3. The number of hydrogen-bond donors (Lipinski definition) is 15. The van der Waals surface area contributed by atoms with E-state index in [4.69, 9.17) is 28.7 Å². The SMILES string of the molecule is C[C@@H](CC(=O)N[C@H]1CCCC[C@@H]1C(=O)N[C@@H](C)CC(=O)N[C@@H](CCCCN)CC(=O)N[C@H]1CCCC[C@@H]1C(=O)N[C@H]1CCCC[C@@H]1C(=O)N[C@@H](C)CC(=O)N[C@@H](CCCCN)CC(N)=O)NC(=O)C[C@H](CCCCN)NC(=O)C[C@@H](N)Cc1ccc(O)cc1. The average molecular weight is 1250 g/mol. The number of carbonyl (C=O) groups excluding carboxylic acids is 10. The normalized spacial score (nSPS) is 21.6. The van der Waals surface area contributed by atoms with Crippen molar-refractivity contribution in [1.29, 1.82) is 0 Å². The minimum Gasteiger partial charge on any atom is -0.508 e. The highest BCUT2D eigenvalue weighted by Gasteiger charge is 2.38. The number of amides is 10. The van der Waals surface area contributed by atoms with E-state index in [-0.39, 0.29) is 104 Å². The van der Waals surface area contributed by atoms with Crippen LogP contribution >= 0.6 is 0 Å². The number of carbonyl (C=O) groups is 10. The van der Waals surface area contributed by atoms with Crippen molar-refractivity contribution < 1.29 is 53.1 Å². The van der Waals surface area contributed by atoms with Crippen molar-refractivity contribution in [2.45, 2.75) is 267 Å². The minimum absolute atomic E-state index is 0.00422. The molecule has 3 saturated carbocycles. The molecule has 0 unspecified atom stereocenters. The van der Waals surface area contributed by atoms with E-state index in [9.17, 15) is 53.1 Å². The van der Waals surface area contributed by atoms with Crippen LogP contribution in [0.25, 0.3) is 0 Å². The van der Waals surface area contributed by atoms with Crippen LogP contribution in [0.3, 0.4) is 0 Å². The monoisotopic (exact) mass is 1250 g/mol. The number of benzene rings is 1. The van der Waals surface area contributed by atoms with E-state index >= 15 is 0 Å². The first-order valence-corrected chi connectivity index (χ1v) is 33.1. The van der Waals surface area contributed by atoms with E-state index in [1.54, 1.807) is 45.0 Å². The van der Waals surface area contributed by atoms with Gasteiger partial charge in [-0.25, -0.2) is 0 Å². The predicted molar refractivity (Wildman–Crippen MR) is 340 cm³/mol. The Bertz CT molecular complexity index is 2400. The zero-order valence-corrected chi connectivity index (χ0v) is 53.4. The van der Waals surface area contributed by atoms with E-state index in [1.807, 2.05) is 0 Å². The summed E-state index contributed by atoms with van der Waals surface area (Å²) in [6.45, 7) is 6.59. The molecule has 3 fully saturated rings. The van der Waals surface area contributed by atoms with Gasteiger partial charge in [-0.15, -0.1) is 0 Å². The van der Waals surface area contributed by atoms with Crippen LogP contribution in [0, 0.1) is 17.8 Å². The minimum atomic E-state index is -0.586. The smallest absolute Gasteiger partial charge is 0.225 e. The Labute approximate surface area is 527 Å². The summed E-state index contributed by atoms with van der Waals surface area (Å²) in [5, 5.41) is 36.6. The largest absolute Gasteiger partial charge is 0.508 e. The fourth-order valence-electron chi connectivity index (χ4n) is 12.8. The van der Waals surface area contributed by atoms with Crippen LogP contribution in [0.15, 0.2) is 24.3 Å². The Balaban J connectivity index is 1.24.